The summed E-state index contributed by atoms with van der Waals surface area (Å²) in [4.78, 5) is 25.6. The number of rotatable bonds is 6. The van der Waals surface area contributed by atoms with E-state index in [9.17, 15) is 4.79 Å². The summed E-state index contributed by atoms with van der Waals surface area (Å²) < 4.78 is 1.89. The lowest BCUT2D eigenvalue weighted by Gasteiger charge is -2.36. The van der Waals surface area contributed by atoms with Crippen LogP contribution in [0.3, 0.4) is 0 Å². The maximum Gasteiger partial charge on any atom is 0.247 e. The average molecular weight is 436 g/mol. The van der Waals surface area contributed by atoms with E-state index in [1.165, 1.54) is 11.3 Å². The number of hydrogen-bond donors (Lipinski definition) is 1. The van der Waals surface area contributed by atoms with E-state index in [1.54, 1.807) is 0 Å². The van der Waals surface area contributed by atoms with E-state index >= 15 is 0 Å². The SMILES string of the molecule is Cc1nc(CCc2cnn(Cc3ccc(C#N)s3)c2)nc2c1NC(=O)[C@H](C(C)C)N2C. The summed E-state index contributed by atoms with van der Waals surface area (Å²) in [5.74, 6) is 1.70. The lowest BCUT2D eigenvalue weighted by Crippen LogP contribution is -2.49. The Kier molecular flexibility index (Phi) is 5.74. The second kappa shape index (κ2) is 8.47. The molecule has 9 heteroatoms. The molecule has 1 amide bonds. The molecule has 0 aromatic carbocycles. The third kappa shape index (κ3) is 4.30. The Bertz CT molecular complexity index is 1160. The summed E-state index contributed by atoms with van der Waals surface area (Å²) in [5, 5.41) is 16.4. The summed E-state index contributed by atoms with van der Waals surface area (Å²) in [6.45, 7) is 6.63. The van der Waals surface area contributed by atoms with E-state index in [2.05, 4.69) is 21.5 Å². The highest BCUT2D eigenvalue weighted by Gasteiger charge is 2.35. The quantitative estimate of drug-likeness (QED) is 0.638. The van der Waals surface area contributed by atoms with Gasteiger partial charge >= 0.3 is 0 Å². The number of nitrogens with one attached hydrogen (secondary N) is 1. The molecule has 3 aromatic heterocycles. The number of likely N-dealkylation sites (N-methyl/N-ethyl adjacent to an activating group) is 1. The van der Waals surface area contributed by atoms with Gasteiger partial charge in [0.15, 0.2) is 5.82 Å². The van der Waals surface area contributed by atoms with Crippen LogP contribution in [0.4, 0.5) is 11.5 Å². The van der Waals surface area contributed by atoms with Gasteiger partial charge in [-0.05, 0) is 37.0 Å². The minimum atomic E-state index is -0.244. The van der Waals surface area contributed by atoms with Gasteiger partial charge in [0.1, 0.15) is 28.5 Å². The minimum Gasteiger partial charge on any atom is -0.346 e. The summed E-state index contributed by atoms with van der Waals surface area (Å²) in [6, 6.07) is 5.72. The van der Waals surface area contributed by atoms with Gasteiger partial charge in [-0.1, -0.05) is 13.8 Å². The predicted octanol–water partition coefficient (Wildman–Crippen LogP) is 3.16. The molecule has 0 fully saturated rings. The molecule has 31 heavy (non-hydrogen) atoms. The largest absolute Gasteiger partial charge is 0.346 e. The number of thiophene rings is 1. The third-order valence-electron chi connectivity index (χ3n) is 5.43. The van der Waals surface area contributed by atoms with Crippen LogP contribution in [0.1, 0.15) is 40.7 Å². The number of hydrogen-bond acceptors (Lipinski definition) is 7. The monoisotopic (exact) mass is 435 g/mol. The van der Waals surface area contributed by atoms with E-state index in [4.69, 9.17) is 10.2 Å². The molecule has 1 atom stereocenters. The summed E-state index contributed by atoms with van der Waals surface area (Å²) in [6.07, 6.45) is 5.35. The van der Waals surface area contributed by atoms with Crippen molar-refractivity contribution in [3.8, 4) is 6.07 Å². The molecule has 160 valence electrons. The first kappa shape index (κ1) is 21.0. The Hall–Kier alpha value is -3.25. The van der Waals surface area contributed by atoms with Gasteiger partial charge in [-0.3, -0.25) is 9.48 Å². The molecule has 0 bridgehead atoms. The molecular formula is C22H25N7OS. The molecule has 3 aromatic rings. The fourth-order valence-electron chi connectivity index (χ4n) is 3.94. The van der Waals surface area contributed by atoms with Crippen molar-refractivity contribution in [3.63, 3.8) is 0 Å². The van der Waals surface area contributed by atoms with Crippen molar-refractivity contribution in [1.29, 1.82) is 5.26 Å². The summed E-state index contributed by atoms with van der Waals surface area (Å²) in [5.41, 5.74) is 2.59. The van der Waals surface area contributed by atoms with Crippen molar-refractivity contribution in [3.05, 3.63) is 51.4 Å². The third-order valence-corrected chi connectivity index (χ3v) is 6.41. The van der Waals surface area contributed by atoms with Crippen LogP contribution in [-0.2, 0) is 24.2 Å². The highest BCUT2D eigenvalue weighted by molar-refractivity contribution is 7.12. The van der Waals surface area contributed by atoms with E-state index in [0.717, 1.165) is 34.2 Å². The normalized spacial score (nSPS) is 15.7. The standard InChI is InChI=1S/C22H25N7OS/c1-13(2)20-22(30)27-19-14(3)25-18(26-21(19)28(20)4)8-5-15-10-24-29(11-15)12-17-7-6-16(9-23)31-17/h6-7,10-11,13,20H,5,8,12H2,1-4H3,(H,27,30)/t20-/m0/s1. The van der Waals surface area contributed by atoms with Gasteiger partial charge in [0.05, 0.1) is 18.4 Å². The van der Waals surface area contributed by atoms with Crippen molar-refractivity contribution in [2.75, 3.05) is 17.3 Å². The molecule has 0 saturated heterocycles. The topological polar surface area (TPSA) is 99.7 Å². The van der Waals surface area contributed by atoms with Crippen LogP contribution in [0.2, 0.25) is 0 Å². The first-order valence-electron chi connectivity index (χ1n) is 10.3. The van der Waals surface area contributed by atoms with Gasteiger partial charge in [-0.25, -0.2) is 9.97 Å². The lowest BCUT2D eigenvalue weighted by atomic mass is 9.99. The second-order valence-corrected chi connectivity index (χ2v) is 9.31. The van der Waals surface area contributed by atoms with Crippen molar-refractivity contribution < 1.29 is 4.79 Å². The van der Waals surface area contributed by atoms with E-state index in [-0.39, 0.29) is 17.9 Å². The lowest BCUT2D eigenvalue weighted by molar-refractivity contribution is -0.118. The molecule has 1 N–H and O–H groups in total. The number of nitriles is 1. The summed E-state index contributed by atoms with van der Waals surface area (Å²) >= 11 is 1.49. The van der Waals surface area contributed by atoms with Crippen LogP contribution in [-0.4, -0.2) is 38.7 Å². The number of carbonyl (C=O) groups excluding carboxylic acids is 1. The zero-order valence-electron chi connectivity index (χ0n) is 18.1. The van der Waals surface area contributed by atoms with Gasteiger partial charge in [-0.15, -0.1) is 11.3 Å². The molecule has 1 aliphatic rings. The Morgan fingerprint density at radius 2 is 2.10 bits per heavy atom. The van der Waals surface area contributed by atoms with Crippen molar-refractivity contribution >= 4 is 28.7 Å². The van der Waals surface area contributed by atoms with Gasteiger partial charge in [0.2, 0.25) is 5.91 Å². The minimum absolute atomic E-state index is 0.00973. The Morgan fingerprint density at radius 3 is 2.81 bits per heavy atom. The Labute approximate surface area is 185 Å². The highest BCUT2D eigenvalue weighted by atomic mass is 32.1. The van der Waals surface area contributed by atoms with Gasteiger partial charge in [-0.2, -0.15) is 10.4 Å². The molecule has 4 heterocycles. The number of nitrogens with zero attached hydrogens (tertiary/aromatic N) is 6. The molecule has 0 saturated carbocycles. The highest BCUT2D eigenvalue weighted by Crippen LogP contribution is 2.33. The Balaban J connectivity index is 1.46. The molecule has 0 spiro atoms. The van der Waals surface area contributed by atoms with Crippen molar-refractivity contribution in [1.82, 2.24) is 19.7 Å². The number of amides is 1. The van der Waals surface area contributed by atoms with Crippen LogP contribution in [0.5, 0.6) is 0 Å². The molecule has 0 aliphatic carbocycles. The number of anilines is 2. The number of aryl methyl sites for hydroxylation is 3. The van der Waals surface area contributed by atoms with Gasteiger partial charge in [0, 0.05) is 24.5 Å². The van der Waals surface area contributed by atoms with Crippen LogP contribution < -0.4 is 10.2 Å². The van der Waals surface area contributed by atoms with E-state index in [1.807, 2.05) is 61.9 Å². The van der Waals surface area contributed by atoms with Gasteiger partial charge < -0.3 is 10.2 Å². The fourth-order valence-corrected chi connectivity index (χ4v) is 4.74. The molecule has 0 unspecified atom stereocenters. The first-order chi connectivity index (χ1) is 14.9. The maximum absolute atomic E-state index is 12.5. The molecular weight excluding hydrogens is 410 g/mol. The fraction of sp³-hybridized carbons (Fsp3) is 0.409. The van der Waals surface area contributed by atoms with Crippen LogP contribution in [0.25, 0.3) is 0 Å². The first-order valence-corrected chi connectivity index (χ1v) is 11.1. The van der Waals surface area contributed by atoms with Crippen molar-refractivity contribution in [2.24, 2.45) is 5.92 Å². The maximum atomic E-state index is 12.5. The Morgan fingerprint density at radius 1 is 1.29 bits per heavy atom. The van der Waals surface area contributed by atoms with E-state index in [0.29, 0.717) is 23.5 Å². The van der Waals surface area contributed by atoms with Crippen LogP contribution in [0.15, 0.2) is 24.5 Å². The zero-order chi connectivity index (χ0) is 22.1. The smallest absolute Gasteiger partial charge is 0.247 e. The van der Waals surface area contributed by atoms with Crippen LogP contribution in [0, 0.1) is 24.2 Å². The van der Waals surface area contributed by atoms with Gasteiger partial charge in [0.25, 0.3) is 0 Å². The number of carbonyl (C=O) groups is 1. The zero-order valence-corrected chi connectivity index (χ0v) is 18.9. The number of fused-ring (bicyclic) bond motifs is 1. The molecule has 1 aliphatic heterocycles. The average Bonchev–Trinajstić information content (AvgIpc) is 3.36. The van der Waals surface area contributed by atoms with Crippen LogP contribution >= 0.6 is 11.3 Å². The molecule has 4 rings (SSSR count). The summed E-state index contributed by atoms with van der Waals surface area (Å²) in [7, 11) is 1.92. The predicted molar refractivity (Wildman–Crippen MR) is 120 cm³/mol. The second-order valence-electron chi connectivity index (χ2n) is 8.14. The molecule has 8 nitrogen and oxygen atoms in total. The van der Waals surface area contributed by atoms with E-state index < -0.39 is 0 Å². The van der Waals surface area contributed by atoms with Crippen molar-refractivity contribution in [2.45, 2.75) is 46.2 Å². The molecule has 0 radical (unpaired) electrons. The number of aromatic nitrogens is 4.